The van der Waals surface area contributed by atoms with Crippen LogP contribution in [0.1, 0.15) is 54.0 Å². The normalized spacial score (nSPS) is 11.1. The maximum Gasteiger partial charge on any atom is 0.200 e. The first-order chi connectivity index (χ1) is 10.8. The van der Waals surface area contributed by atoms with E-state index >= 15 is 0 Å². The van der Waals surface area contributed by atoms with Gasteiger partial charge in [0.1, 0.15) is 5.75 Å². The molecule has 0 aromatic heterocycles. The maximum atomic E-state index is 12.2. The molecule has 0 bridgehead atoms. The van der Waals surface area contributed by atoms with Gasteiger partial charge in [0.2, 0.25) is 0 Å². The van der Waals surface area contributed by atoms with E-state index in [1.165, 1.54) is 12.5 Å². The summed E-state index contributed by atoms with van der Waals surface area (Å²) < 4.78 is 5.49. The van der Waals surface area contributed by atoms with Crippen molar-refractivity contribution in [2.24, 2.45) is 0 Å². The second-order valence-corrected chi connectivity index (χ2v) is 6.62. The van der Waals surface area contributed by atoms with Crippen molar-refractivity contribution in [3.8, 4) is 5.75 Å². The highest BCUT2D eigenvalue weighted by molar-refractivity contribution is 5.97. The fourth-order valence-electron chi connectivity index (χ4n) is 2.17. The van der Waals surface area contributed by atoms with E-state index in [2.05, 4.69) is 20.8 Å². The number of rotatable bonds is 5. The van der Waals surface area contributed by atoms with Crippen LogP contribution in [0.25, 0.3) is 0 Å². The Hall–Kier alpha value is -2.42. The zero-order chi connectivity index (χ0) is 17.0. The highest BCUT2D eigenvalue weighted by Crippen LogP contribution is 2.22. The highest BCUT2D eigenvalue weighted by Gasteiger charge is 2.14. The van der Waals surface area contributed by atoms with Gasteiger partial charge in [-0.2, -0.15) is 0 Å². The molecule has 2 rings (SSSR count). The summed E-state index contributed by atoms with van der Waals surface area (Å²) in [7, 11) is 0. The van der Waals surface area contributed by atoms with Gasteiger partial charge in [0.15, 0.2) is 18.2 Å². The Morgan fingerprint density at radius 1 is 0.870 bits per heavy atom. The van der Waals surface area contributed by atoms with Gasteiger partial charge >= 0.3 is 0 Å². The van der Waals surface area contributed by atoms with Gasteiger partial charge in [-0.1, -0.05) is 45.0 Å². The standard InChI is InChI=1S/C20H22O3/c1-14(21)15-7-11-18(12-8-15)23-13-19(22)16-5-9-17(10-6-16)20(2,3)4/h5-12H,13H2,1-4H3. The third kappa shape index (κ3) is 4.52. The first kappa shape index (κ1) is 16.9. The van der Waals surface area contributed by atoms with Crippen LogP contribution in [-0.4, -0.2) is 18.2 Å². The van der Waals surface area contributed by atoms with Crippen LogP contribution in [0.3, 0.4) is 0 Å². The molecule has 0 atom stereocenters. The molecule has 0 saturated carbocycles. The number of Topliss-reactive ketones (excluding diaryl/α,β-unsaturated/α-hetero) is 2. The number of carbonyl (C=O) groups excluding carboxylic acids is 2. The van der Waals surface area contributed by atoms with E-state index in [0.29, 0.717) is 16.9 Å². The largest absolute Gasteiger partial charge is 0.485 e. The summed E-state index contributed by atoms with van der Waals surface area (Å²) in [5.74, 6) is 0.516. The lowest BCUT2D eigenvalue weighted by atomic mass is 9.86. The Labute approximate surface area is 137 Å². The molecule has 23 heavy (non-hydrogen) atoms. The zero-order valence-electron chi connectivity index (χ0n) is 14.1. The second kappa shape index (κ2) is 6.78. The van der Waals surface area contributed by atoms with Crippen LogP contribution < -0.4 is 4.74 Å². The monoisotopic (exact) mass is 310 g/mol. The molecule has 0 spiro atoms. The molecule has 0 aliphatic carbocycles. The minimum absolute atomic E-state index is 0.00608. The summed E-state index contributed by atoms with van der Waals surface area (Å²) in [6.07, 6.45) is 0. The van der Waals surface area contributed by atoms with Crippen LogP contribution in [0.2, 0.25) is 0 Å². The van der Waals surface area contributed by atoms with Crippen LogP contribution in [-0.2, 0) is 5.41 Å². The summed E-state index contributed by atoms with van der Waals surface area (Å²) in [6.45, 7) is 7.90. The van der Waals surface area contributed by atoms with Crippen LogP contribution in [0, 0.1) is 0 Å². The molecule has 0 unspecified atom stereocenters. The molecule has 2 aromatic rings. The molecule has 0 aliphatic rings. The van der Waals surface area contributed by atoms with Gasteiger partial charge in [0.05, 0.1) is 0 Å². The molecule has 0 saturated heterocycles. The van der Waals surface area contributed by atoms with Crippen LogP contribution >= 0.6 is 0 Å². The van der Waals surface area contributed by atoms with E-state index < -0.39 is 0 Å². The summed E-state index contributed by atoms with van der Waals surface area (Å²) in [5.41, 5.74) is 2.52. The summed E-state index contributed by atoms with van der Waals surface area (Å²) in [6, 6.07) is 14.4. The molecule has 0 fully saturated rings. The highest BCUT2D eigenvalue weighted by atomic mass is 16.5. The Morgan fingerprint density at radius 3 is 1.87 bits per heavy atom. The molecule has 0 amide bonds. The number of hydrogen-bond acceptors (Lipinski definition) is 3. The second-order valence-electron chi connectivity index (χ2n) is 6.62. The van der Waals surface area contributed by atoms with Crippen molar-refractivity contribution in [2.75, 3.05) is 6.61 Å². The van der Waals surface area contributed by atoms with E-state index in [0.717, 1.165) is 0 Å². The molecule has 0 N–H and O–H groups in total. The topological polar surface area (TPSA) is 43.4 Å². The van der Waals surface area contributed by atoms with Gasteiger partial charge in [-0.25, -0.2) is 0 Å². The van der Waals surface area contributed by atoms with Gasteiger partial charge in [-0.3, -0.25) is 9.59 Å². The molecule has 0 heterocycles. The van der Waals surface area contributed by atoms with E-state index in [1.54, 1.807) is 24.3 Å². The van der Waals surface area contributed by atoms with E-state index in [-0.39, 0.29) is 23.6 Å². The van der Waals surface area contributed by atoms with Crippen molar-refractivity contribution >= 4 is 11.6 Å². The van der Waals surface area contributed by atoms with Gasteiger partial charge in [0, 0.05) is 11.1 Å². The van der Waals surface area contributed by atoms with Gasteiger partial charge < -0.3 is 4.74 Å². The Morgan fingerprint density at radius 2 is 1.39 bits per heavy atom. The van der Waals surface area contributed by atoms with Gasteiger partial charge in [-0.05, 0) is 42.2 Å². The third-order valence-electron chi connectivity index (χ3n) is 3.70. The lowest BCUT2D eigenvalue weighted by molar-refractivity contribution is 0.0920. The molecule has 2 aromatic carbocycles. The molecular weight excluding hydrogens is 288 g/mol. The Bertz CT molecular complexity index is 689. The van der Waals surface area contributed by atoms with Gasteiger partial charge in [0.25, 0.3) is 0 Å². The molecule has 3 heteroatoms. The maximum absolute atomic E-state index is 12.2. The van der Waals surface area contributed by atoms with E-state index in [4.69, 9.17) is 4.74 Å². The van der Waals surface area contributed by atoms with Crippen LogP contribution in [0.4, 0.5) is 0 Å². The van der Waals surface area contributed by atoms with Gasteiger partial charge in [-0.15, -0.1) is 0 Å². The third-order valence-corrected chi connectivity index (χ3v) is 3.70. The minimum Gasteiger partial charge on any atom is -0.485 e. The number of carbonyl (C=O) groups is 2. The first-order valence-corrected chi connectivity index (χ1v) is 7.65. The van der Waals surface area contributed by atoms with Crippen molar-refractivity contribution in [1.29, 1.82) is 0 Å². The van der Waals surface area contributed by atoms with Crippen LogP contribution in [0.5, 0.6) is 5.75 Å². The average Bonchev–Trinajstić information content (AvgIpc) is 2.52. The lowest BCUT2D eigenvalue weighted by Crippen LogP contribution is -2.14. The molecule has 3 nitrogen and oxygen atoms in total. The fourth-order valence-corrected chi connectivity index (χ4v) is 2.17. The predicted molar refractivity (Wildman–Crippen MR) is 91.4 cm³/mol. The number of hydrogen-bond donors (Lipinski definition) is 0. The smallest absolute Gasteiger partial charge is 0.200 e. The molecule has 0 aliphatic heterocycles. The van der Waals surface area contributed by atoms with Crippen molar-refractivity contribution in [2.45, 2.75) is 33.1 Å². The summed E-state index contributed by atoms with van der Waals surface area (Å²) in [5, 5.41) is 0. The lowest BCUT2D eigenvalue weighted by Gasteiger charge is -2.19. The predicted octanol–water partition coefficient (Wildman–Crippen LogP) is 4.45. The van der Waals surface area contributed by atoms with Crippen molar-refractivity contribution in [3.05, 3.63) is 65.2 Å². The fraction of sp³-hybridized carbons (Fsp3) is 0.300. The number of ether oxygens (including phenoxy) is 1. The zero-order valence-corrected chi connectivity index (χ0v) is 14.1. The first-order valence-electron chi connectivity index (χ1n) is 7.65. The van der Waals surface area contributed by atoms with Crippen molar-refractivity contribution in [1.82, 2.24) is 0 Å². The quantitative estimate of drug-likeness (QED) is 0.766. The van der Waals surface area contributed by atoms with E-state index in [9.17, 15) is 9.59 Å². The van der Waals surface area contributed by atoms with Crippen LogP contribution in [0.15, 0.2) is 48.5 Å². The molecule has 120 valence electrons. The van der Waals surface area contributed by atoms with Crippen molar-refractivity contribution in [3.63, 3.8) is 0 Å². The molecule has 0 radical (unpaired) electrons. The minimum atomic E-state index is -0.0684. The number of benzene rings is 2. The van der Waals surface area contributed by atoms with E-state index in [1.807, 2.05) is 24.3 Å². The summed E-state index contributed by atoms with van der Waals surface area (Å²) in [4.78, 5) is 23.4. The summed E-state index contributed by atoms with van der Waals surface area (Å²) >= 11 is 0. The average molecular weight is 310 g/mol. The van der Waals surface area contributed by atoms with Crippen molar-refractivity contribution < 1.29 is 14.3 Å². The number of ketones is 2. The molecular formula is C20H22O3. The SMILES string of the molecule is CC(=O)c1ccc(OCC(=O)c2ccc(C(C)(C)C)cc2)cc1. The Balaban J connectivity index is 1.98. The Kier molecular flexibility index (Phi) is 4.99.